The van der Waals surface area contributed by atoms with Gasteiger partial charge in [-0.1, -0.05) is 17.7 Å². The molecule has 2 N–H and O–H groups in total. The Bertz CT molecular complexity index is 627. The molecule has 0 spiro atoms. The molecule has 1 atom stereocenters. The van der Waals surface area contributed by atoms with Crippen molar-refractivity contribution in [1.29, 1.82) is 0 Å². The molecule has 2 rings (SSSR count). The second-order valence-corrected chi connectivity index (χ2v) is 6.53. The minimum atomic E-state index is 0. The van der Waals surface area contributed by atoms with Crippen LogP contribution in [-0.2, 0) is 11.2 Å². The molecule has 146 valence electrons. The summed E-state index contributed by atoms with van der Waals surface area (Å²) in [4.78, 5) is 18.0. The van der Waals surface area contributed by atoms with Crippen molar-refractivity contribution in [1.82, 2.24) is 15.5 Å². The van der Waals surface area contributed by atoms with Gasteiger partial charge < -0.3 is 20.3 Å². The monoisotopic (exact) mass is 494 g/mol. The highest BCUT2D eigenvalue weighted by atomic mass is 127. The molecule has 1 aromatic carbocycles. The molecule has 26 heavy (non-hydrogen) atoms. The van der Waals surface area contributed by atoms with E-state index < -0.39 is 0 Å². The SMILES string of the molecule is CCNC(=NCCc1ccc(OC)cc1Cl)NC1CCC(=O)N(C)C1.I. The van der Waals surface area contributed by atoms with Crippen LogP contribution >= 0.6 is 35.6 Å². The third-order valence-electron chi connectivity index (χ3n) is 4.22. The van der Waals surface area contributed by atoms with Crippen molar-refractivity contribution in [2.45, 2.75) is 32.2 Å². The minimum Gasteiger partial charge on any atom is -0.497 e. The molecule has 0 bridgehead atoms. The Labute approximate surface area is 177 Å². The Morgan fingerprint density at radius 2 is 2.23 bits per heavy atom. The first kappa shape index (κ1) is 22.8. The number of nitrogens with one attached hydrogen (secondary N) is 2. The van der Waals surface area contributed by atoms with E-state index in [2.05, 4.69) is 15.6 Å². The van der Waals surface area contributed by atoms with Gasteiger partial charge in [0.05, 0.1) is 7.11 Å². The molecule has 1 aliphatic heterocycles. The zero-order chi connectivity index (χ0) is 18.2. The van der Waals surface area contributed by atoms with Crippen molar-refractivity contribution >= 4 is 47.4 Å². The van der Waals surface area contributed by atoms with Gasteiger partial charge in [-0.25, -0.2) is 0 Å². The Kier molecular flexibility index (Phi) is 10.1. The summed E-state index contributed by atoms with van der Waals surface area (Å²) in [5.74, 6) is 1.73. The van der Waals surface area contributed by atoms with Crippen LogP contribution in [0.2, 0.25) is 5.02 Å². The standard InChI is InChI=1S/C18H27ClN4O2.HI/c1-4-20-18(22-14-6-8-17(24)23(2)12-14)21-10-9-13-5-7-15(25-3)11-16(13)19;/h5,7,11,14H,4,6,8-10,12H2,1-3H3,(H2,20,21,22);1H. The quantitative estimate of drug-likeness (QED) is 0.363. The lowest BCUT2D eigenvalue weighted by Gasteiger charge is -2.31. The number of aliphatic imine (C=N–C) groups is 1. The van der Waals surface area contributed by atoms with E-state index in [1.54, 1.807) is 12.0 Å². The highest BCUT2D eigenvalue weighted by molar-refractivity contribution is 14.0. The number of amides is 1. The first-order chi connectivity index (χ1) is 12.0. The largest absolute Gasteiger partial charge is 0.497 e. The van der Waals surface area contributed by atoms with Gasteiger partial charge in [-0.2, -0.15) is 0 Å². The number of halogens is 2. The Hall–Kier alpha value is -1.22. The van der Waals surface area contributed by atoms with E-state index in [9.17, 15) is 4.79 Å². The summed E-state index contributed by atoms with van der Waals surface area (Å²) in [7, 11) is 3.46. The number of carbonyl (C=O) groups excluding carboxylic acids is 1. The van der Waals surface area contributed by atoms with Crippen molar-refractivity contribution in [2.75, 3.05) is 33.8 Å². The average molecular weight is 495 g/mol. The maximum absolute atomic E-state index is 11.6. The summed E-state index contributed by atoms with van der Waals surface area (Å²) in [6, 6.07) is 5.92. The fourth-order valence-electron chi connectivity index (χ4n) is 2.79. The molecular weight excluding hydrogens is 467 g/mol. The number of carbonyl (C=O) groups is 1. The van der Waals surface area contributed by atoms with E-state index in [0.29, 0.717) is 24.5 Å². The first-order valence-electron chi connectivity index (χ1n) is 8.64. The van der Waals surface area contributed by atoms with Gasteiger partial charge in [0, 0.05) is 44.2 Å². The highest BCUT2D eigenvalue weighted by Gasteiger charge is 2.23. The van der Waals surface area contributed by atoms with E-state index in [4.69, 9.17) is 16.3 Å². The van der Waals surface area contributed by atoms with Crippen LogP contribution in [0, 0.1) is 0 Å². The molecule has 1 saturated heterocycles. The number of hydrogen-bond donors (Lipinski definition) is 2. The molecule has 1 amide bonds. The van der Waals surface area contributed by atoms with E-state index >= 15 is 0 Å². The topological polar surface area (TPSA) is 66.0 Å². The lowest BCUT2D eigenvalue weighted by atomic mass is 10.1. The van der Waals surface area contributed by atoms with Crippen LogP contribution < -0.4 is 15.4 Å². The zero-order valence-corrected chi connectivity index (χ0v) is 18.6. The molecule has 0 saturated carbocycles. The lowest BCUT2D eigenvalue weighted by molar-refractivity contribution is -0.132. The third kappa shape index (κ3) is 6.83. The molecule has 1 fully saturated rings. The number of likely N-dealkylation sites (N-methyl/N-ethyl adjacent to an activating group) is 1. The van der Waals surface area contributed by atoms with E-state index in [-0.39, 0.29) is 35.9 Å². The smallest absolute Gasteiger partial charge is 0.222 e. The molecular formula is C18H28ClIN4O2. The summed E-state index contributed by atoms with van der Waals surface area (Å²) >= 11 is 6.27. The van der Waals surface area contributed by atoms with Crippen LogP contribution in [0.15, 0.2) is 23.2 Å². The molecule has 8 heteroatoms. The summed E-state index contributed by atoms with van der Waals surface area (Å²) in [5, 5.41) is 7.37. The van der Waals surface area contributed by atoms with Crippen molar-refractivity contribution in [3.63, 3.8) is 0 Å². The summed E-state index contributed by atoms with van der Waals surface area (Å²) in [6.45, 7) is 4.15. The summed E-state index contributed by atoms with van der Waals surface area (Å²) in [5.41, 5.74) is 1.05. The van der Waals surface area contributed by atoms with Crippen molar-refractivity contribution in [3.05, 3.63) is 28.8 Å². The van der Waals surface area contributed by atoms with Crippen LogP contribution in [0.3, 0.4) is 0 Å². The van der Waals surface area contributed by atoms with Gasteiger partial charge in [-0.05, 0) is 37.5 Å². The number of rotatable bonds is 6. The van der Waals surface area contributed by atoms with Gasteiger partial charge in [0.25, 0.3) is 0 Å². The number of piperidine rings is 1. The highest BCUT2D eigenvalue weighted by Crippen LogP contribution is 2.22. The molecule has 0 aromatic heterocycles. The van der Waals surface area contributed by atoms with Gasteiger partial charge >= 0.3 is 0 Å². The van der Waals surface area contributed by atoms with Crippen LogP contribution in [0.5, 0.6) is 5.75 Å². The maximum atomic E-state index is 11.6. The van der Waals surface area contributed by atoms with Crippen LogP contribution in [0.4, 0.5) is 0 Å². The Morgan fingerprint density at radius 3 is 2.85 bits per heavy atom. The van der Waals surface area contributed by atoms with Crippen molar-refractivity contribution in [3.8, 4) is 5.75 Å². The number of methoxy groups -OCH3 is 1. The van der Waals surface area contributed by atoms with Crippen molar-refractivity contribution in [2.24, 2.45) is 4.99 Å². The van der Waals surface area contributed by atoms with Crippen LogP contribution in [-0.4, -0.2) is 56.6 Å². The molecule has 0 radical (unpaired) electrons. The van der Waals surface area contributed by atoms with Gasteiger partial charge in [0.15, 0.2) is 5.96 Å². The number of guanidine groups is 1. The molecule has 1 heterocycles. The minimum absolute atomic E-state index is 0. The predicted octanol–water partition coefficient (Wildman–Crippen LogP) is 2.69. The van der Waals surface area contributed by atoms with Gasteiger partial charge in [-0.15, -0.1) is 24.0 Å². The number of benzene rings is 1. The number of hydrogen-bond acceptors (Lipinski definition) is 3. The lowest BCUT2D eigenvalue weighted by Crippen LogP contribution is -2.51. The fraction of sp³-hybridized carbons (Fsp3) is 0.556. The predicted molar refractivity (Wildman–Crippen MR) is 117 cm³/mol. The number of likely N-dealkylation sites (tertiary alicyclic amines) is 1. The molecule has 1 aliphatic rings. The second kappa shape index (κ2) is 11.5. The van der Waals surface area contributed by atoms with Crippen LogP contribution in [0.25, 0.3) is 0 Å². The van der Waals surface area contributed by atoms with Crippen molar-refractivity contribution < 1.29 is 9.53 Å². The second-order valence-electron chi connectivity index (χ2n) is 6.12. The molecule has 1 unspecified atom stereocenters. The third-order valence-corrected chi connectivity index (χ3v) is 4.57. The van der Waals surface area contributed by atoms with Gasteiger partial charge in [-0.3, -0.25) is 9.79 Å². The Morgan fingerprint density at radius 1 is 1.46 bits per heavy atom. The number of ether oxygens (including phenoxy) is 1. The average Bonchev–Trinajstić information content (AvgIpc) is 2.59. The summed E-state index contributed by atoms with van der Waals surface area (Å²) in [6.07, 6.45) is 2.16. The van der Waals surface area contributed by atoms with Gasteiger partial charge in [0.1, 0.15) is 5.75 Å². The first-order valence-corrected chi connectivity index (χ1v) is 9.02. The van der Waals surface area contributed by atoms with E-state index in [1.165, 1.54) is 0 Å². The zero-order valence-electron chi connectivity index (χ0n) is 15.5. The maximum Gasteiger partial charge on any atom is 0.222 e. The number of nitrogens with zero attached hydrogens (tertiary/aromatic N) is 2. The molecule has 0 aliphatic carbocycles. The Balaban J connectivity index is 0.00000338. The van der Waals surface area contributed by atoms with Crippen LogP contribution in [0.1, 0.15) is 25.3 Å². The summed E-state index contributed by atoms with van der Waals surface area (Å²) < 4.78 is 5.17. The fourth-order valence-corrected chi connectivity index (χ4v) is 3.05. The molecule has 1 aromatic rings. The van der Waals surface area contributed by atoms with Gasteiger partial charge in [0.2, 0.25) is 5.91 Å². The normalized spacial score (nSPS) is 17.5. The van der Waals surface area contributed by atoms with E-state index in [0.717, 1.165) is 36.7 Å². The molecule has 6 nitrogen and oxygen atoms in total. The van der Waals surface area contributed by atoms with E-state index in [1.807, 2.05) is 32.2 Å².